The molecule has 0 aromatic carbocycles. The summed E-state index contributed by atoms with van der Waals surface area (Å²) < 4.78 is 0. The van der Waals surface area contributed by atoms with Crippen molar-refractivity contribution in [1.29, 1.82) is 0 Å². The molecule has 22 heavy (non-hydrogen) atoms. The third-order valence-electron chi connectivity index (χ3n) is 4.85. The van der Waals surface area contributed by atoms with E-state index in [9.17, 15) is 9.59 Å². The number of hydrogen-bond acceptors (Lipinski definition) is 2. The van der Waals surface area contributed by atoms with Crippen molar-refractivity contribution in [2.75, 3.05) is 26.2 Å². The molecule has 0 radical (unpaired) electrons. The van der Waals surface area contributed by atoms with Gasteiger partial charge in [0.15, 0.2) is 0 Å². The Hall–Kier alpha value is -1.26. The van der Waals surface area contributed by atoms with Crippen LogP contribution in [0.3, 0.4) is 0 Å². The highest BCUT2D eigenvalue weighted by Gasteiger charge is 2.25. The highest BCUT2D eigenvalue weighted by Crippen LogP contribution is 2.17. The second kappa shape index (κ2) is 9.01. The van der Waals surface area contributed by atoms with Gasteiger partial charge in [-0.3, -0.25) is 4.79 Å². The molecule has 0 unspecified atom stereocenters. The van der Waals surface area contributed by atoms with E-state index in [1.165, 1.54) is 19.3 Å². The Bertz CT molecular complexity index is 359. The fourth-order valence-corrected chi connectivity index (χ4v) is 3.36. The van der Waals surface area contributed by atoms with Gasteiger partial charge in [-0.25, -0.2) is 4.79 Å². The highest BCUT2D eigenvalue weighted by atomic mass is 16.2. The zero-order valence-electron chi connectivity index (χ0n) is 14.0. The Morgan fingerprint density at radius 3 is 2.23 bits per heavy atom. The lowest BCUT2D eigenvalue weighted by atomic mass is 9.96. The van der Waals surface area contributed by atoms with Gasteiger partial charge in [0.1, 0.15) is 0 Å². The van der Waals surface area contributed by atoms with Gasteiger partial charge in [0.2, 0.25) is 5.91 Å². The zero-order chi connectivity index (χ0) is 15.8. The van der Waals surface area contributed by atoms with Crippen molar-refractivity contribution in [2.24, 2.45) is 0 Å². The first-order valence-electron chi connectivity index (χ1n) is 9.04. The monoisotopic (exact) mass is 309 g/mol. The van der Waals surface area contributed by atoms with Crippen LogP contribution in [0.2, 0.25) is 0 Å². The first-order chi connectivity index (χ1) is 10.7. The molecule has 1 aliphatic carbocycles. The van der Waals surface area contributed by atoms with E-state index in [-0.39, 0.29) is 11.9 Å². The van der Waals surface area contributed by atoms with Crippen molar-refractivity contribution in [3.05, 3.63) is 0 Å². The largest absolute Gasteiger partial charge is 0.339 e. The molecular weight excluding hydrogens is 278 g/mol. The minimum absolute atomic E-state index is 0.0602. The number of urea groups is 1. The first-order valence-corrected chi connectivity index (χ1v) is 9.04. The first kappa shape index (κ1) is 17.1. The van der Waals surface area contributed by atoms with E-state index in [0.29, 0.717) is 38.6 Å². The summed E-state index contributed by atoms with van der Waals surface area (Å²) in [6.45, 7) is 4.84. The van der Waals surface area contributed by atoms with Crippen LogP contribution in [0.1, 0.15) is 64.7 Å². The molecule has 5 nitrogen and oxygen atoms in total. The summed E-state index contributed by atoms with van der Waals surface area (Å²) in [5.74, 6) is 0.251. The predicted octanol–water partition coefficient (Wildman–Crippen LogP) is 2.75. The number of unbranched alkanes of at least 4 members (excludes halogenated alkanes) is 2. The minimum atomic E-state index is 0.0602. The third-order valence-corrected chi connectivity index (χ3v) is 4.85. The molecule has 2 aliphatic rings. The van der Waals surface area contributed by atoms with Crippen LogP contribution in [0.4, 0.5) is 4.79 Å². The summed E-state index contributed by atoms with van der Waals surface area (Å²) in [6.07, 6.45) is 9.88. The van der Waals surface area contributed by atoms with E-state index in [1.807, 2.05) is 9.80 Å². The minimum Gasteiger partial charge on any atom is -0.339 e. The van der Waals surface area contributed by atoms with E-state index < -0.39 is 0 Å². The van der Waals surface area contributed by atoms with Crippen molar-refractivity contribution in [3.63, 3.8) is 0 Å². The molecule has 0 aromatic rings. The Morgan fingerprint density at radius 2 is 1.59 bits per heavy atom. The van der Waals surface area contributed by atoms with Crippen LogP contribution in [0, 0.1) is 0 Å². The fraction of sp³-hybridized carbons (Fsp3) is 0.882. The molecule has 0 bridgehead atoms. The SMILES string of the molecule is CCCCCC(=O)N1CCN(C(=O)NC2CCCCC2)CC1. The molecule has 1 aliphatic heterocycles. The molecule has 1 saturated carbocycles. The highest BCUT2D eigenvalue weighted by molar-refractivity contribution is 5.77. The average Bonchev–Trinajstić information content (AvgIpc) is 2.56. The van der Waals surface area contributed by atoms with Gasteiger partial charge in [-0.1, -0.05) is 39.0 Å². The van der Waals surface area contributed by atoms with Crippen LogP contribution in [0.5, 0.6) is 0 Å². The molecule has 1 saturated heterocycles. The van der Waals surface area contributed by atoms with Gasteiger partial charge < -0.3 is 15.1 Å². The fourth-order valence-electron chi connectivity index (χ4n) is 3.36. The van der Waals surface area contributed by atoms with Gasteiger partial charge in [0, 0.05) is 38.6 Å². The van der Waals surface area contributed by atoms with Gasteiger partial charge in [-0.2, -0.15) is 0 Å². The van der Waals surface area contributed by atoms with Gasteiger partial charge >= 0.3 is 6.03 Å². The van der Waals surface area contributed by atoms with Crippen molar-refractivity contribution in [1.82, 2.24) is 15.1 Å². The summed E-state index contributed by atoms with van der Waals surface area (Å²) in [4.78, 5) is 28.1. The number of hydrogen-bond donors (Lipinski definition) is 1. The van der Waals surface area contributed by atoms with E-state index >= 15 is 0 Å². The third kappa shape index (κ3) is 5.18. The molecule has 126 valence electrons. The molecule has 2 fully saturated rings. The van der Waals surface area contributed by atoms with Crippen LogP contribution >= 0.6 is 0 Å². The van der Waals surface area contributed by atoms with Gasteiger partial charge in [0.05, 0.1) is 0 Å². The van der Waals surface area contributed by atoms with E-state index in [1.54, 1.807) is 0 Å². The lowest BCUT2D eigenvalue weighted by Gasteiger charge is -2.36. The number of nitrogens with one attached hydrogen (secondary N) is 1. The van der Waals surface area contributed by atoms with E-state index in [4.69, 9.17) is 0 Å². The van der Waals surface area contributed by atoms with Crippen molar-refractivity contribution in [3.8, 4) is 0 Å². The van der Waals surface area contributed by atoms with Crippen LogP contribution < -0.4 is 5.32 Å². The van der Waals surface area contributed by atoms with Crippen molar-refractivity contribution < 1.29 is 9.59 Å². The van der Waals surface area contributed by atoms with Crippen molar-refractivity contribution in [2.45, 2.75) is 70.8 Å². The number of rotatable bonds is 5. The molecule has 0 atom stereocenters. The summed E-state index contributed by atoms with van der Waals surface area (Å²) in [6, 6.07) is 0.417. The summed E-state index contributed by atoms with van der Waals surface area (Å²) >= 11 is 0. The number of amides is 3. The molecule has 1 N–H and O–H groups in total. The maximum Gasteiger partial charge on any atom is 0.317 e. The van der Waals surface area contributed by atoms with E-state index in [2.05, 4.69) is 12.2 Å². The smallest absolute Gasteiger partial charge is 0.317 e. The van der Waals surface area contributed by atoms with Crippen LogP contribution in [-0.2, 0) is 4.79 Å². The maximum atomic E-state index is 12.3. The van der Waals surface area contributed by atoms with Crippen molar-refractivity contribution >= 4 is 11.9 Å². The average molecular weight is 309 g/mol. The predicted molar refractivity (Wildman–Crippen MR) is 87.7 cm³/mol. The van der Waals surface area contributed by atoms with Gasteiger partial charge in [-0.15, -0.1) is 0 Å². The Balaban J connectivity index is 1.67. The summed E-state index contributed by atoms with van der Waals surface area (Å²) in [7, 11) is 0. The number of nitrogens with zero attached hydrogens (tertiary/aromatic N) is 2. The van der Waals surface area contributed by atoms with Crippen LogP contribution in [0.25, 0.3) is 0 Å². The Kier molecular flexibility index (Phi) is 7.00. The Morgan fingerprint density at radius 1 is 0.955 bits per heavy atom. The number of piperazine rings is 1. The quantitative estimate of drug-likeness (QED) is 0.794. The van der Waals surface area contributed by atoms with Gasteiger partial charge in [0.25, 0.3) is 0 Å². The van der Waals surface area contributed by atoms with Gasteiger partial charge in [-0.05, 0) is 19.3 Å². The van der Waals surface area contributed by atoms with Crippen LogP contribution in [0.15, 0.2) is 0 Å². The molecule has 5 heteroatoms. The zero-order valence-corrected chi connectivity index (χ0v) is 14.0. The summed E-state index contributed by atoms with van der Waals surface area (Å²) in [5, 5.41) is 3.16. The summed E-state index contributed by atoms with van der Waals surface area (Å²) in [5.41, 5.74) is 0. The molecule has 0 aromatic heterocycles. The molecule has 2 rings (SSSR count). The second-order valence-corrected chi connectivity index (χ2v) is 6.61. The molecule has 0 spiro atoms. The Labute approximate surface area is 134 Å². The normalized spacial score (nSPS) is 20.0. The maximum absolute atomic E-state index is 12.3. The lowest BCUT2D eigenvalue weighted by Crippen LogP contribution is -2.54. The second-order valence-electron chi connectivity index (χ2n) is 6.61. The van der Waals surface area contributed by atoms with Crippen LogP contribution in [-0.4, -0.2) is 54.0 Å². The lowest BCUT2D eigenvalue weighted by molar-refractivity contribution is -0.132. The molecular formula is C17H31N3O2. The topological polar surface area (TPSA) is 52.7 Å². The molecule has 3 amide bonds. The molecule has 1 heterocycles. The standard InChI is InChI=1S/C17H31N3O2/c1-2-3-5-10-16(21)19-11-13-20(14-12-19)17(22)18-15-8-6-4-7-9-15/h15H,2-14H2,1H3,(H,18,22). The number of carbonyl (C=O) groups excluding carboxylic acids is 2. The number of carbonyl (C=O) groups is 2. The van der Waals surface area contributed by atoms with E-state index in [0.717, 1.165) is 32.1 Å².